The van der Waals surface area contributed by atoms with Crippen LogP contribution < -0.4 is 24.4 Å². The average molecular weight is 441 g/mol. The Labute approximate surface area is 189 Å². The van der Waals surface area contributed by atoms with Crippen molar-refractivity contribution in [1.29, 1.82) is 0 Å². The number of benzene rings is 2. The van der Waals surface area contributed by atoms with Crippen LogP contribution >= 0.6 is 0 Å². The molecular weight excluding hydrogens is 408 g/mol. The van der Waals surface area contributed by atoms with Gasteiger partial charge >= 0.3 is 0 Å². The van der Waals surface area contributed by atoms with E-state index >= 15 is 0 Å². The topological polar surface area (TPSA) is 77.1 Å². The van der Waals surface area contributed by atoms with Crippen LogP contribution in [0.15, 0.2) is 42.5 Å². The van der Waals surface area contributed by atoms with Gasteiger partial charge in [-0.25, -0.2) is 0 Å². The van der Waals surface area contributed by atoms with Crippen LogP contribution in [0, 0.1) is 5.92 Å². The van der Waals surface area contributed by atoms with Gasteiger partial charge in [0.05, 0.1) is 33.3 Å². The Morgan fingerprint density at radius 1 is 1.06 bits per heavy atom. The Morgan fingerprint density at radius 3 is 2.34 bits per heavy atom. The predicted molar refractivity (Wildman–Crippen MR) is 123 cm³/mol. The highest BCUT2D eigenvalue weighted by molar-refractivity contribution is 5.97. The molecule has 2 aromatic rings. The van der Waals surface area contributed by atoms with E-state index in [1.54, 1.807) is 26.2 Å². The highest BCUT2D eigenvalue weighted by Crippen LogP contribution is 2.42. The third-order valence-corrected chi connectivity index (χ3v) is 6.03. The van der Waals surface area contributed by atoms with Crippen LogP contribution in [-0.4, -0.2) is 39.2 Å². The van der Waals surface area contributed by atoms with Gasteiger partial charge < -0.3 is 24.4 Å². The number of carbonyl (C=O) groups excluding carboxylic acids is 2. The molecule has 0 saturated carbocycles. The minimum atomic E-state index is -0.478. The molecule has 2 aromatic carbocycles. The number of rotatable bonds is 8. The Balaban J connectivity index is 2.09. The molecule has 7 heteroatoms. The summed E-state index contributed by atoms with van der Waals surface area (Å²) >= 11 is 0. The average Bonchev–Trinajstić information content (AvgIpc) is 2.83. The lowest BCUT2D eigenvalue weighted by atomic mass is 9.82. The second kappa shape index (κ2) is 10.4. The van der Waals surface area contributed by atoms with Crippen molar-refractivity contribution in [3.8, 4) is 17.2 Å². The van der Waals surface area contributed by atoms with Crippen molar-refractivity contribution < 1.29 is 23.8 Å². The van der Waals surface area contributed by atoms with Crippen LogP contribution in [-0.2, 0) is 9.59 Å². The molecule has 1 aliphatic rings. The Kier molecular flexibility index (Phi) is 7.62. The van der Waals surface area contributed by atoms with Crippen molar-refractivity contribution >= 4 is 17.5 Å². The van der Waals surface area contributed by atoms with E-state index in [0.29, 0.717) is 30.1 Å². The molecule has 2 amide bonds. The maximum atomic E-state index is 13.3. The van der Waals surface area contributed by atoms with Gasteiger partial charge in [0.2, 0.25) is 11.8 Å². The molecule has 1 fully saturated rings. The number of hydrogen-bond donors (Lipinski definition) is 1. The number of hydrogen-bond acceptors (Lipinski definition) is 5. The van der Waals surface area contributed by atoms with Gasteiger partial charge in [-0.3, -0.25) is 9.59 Å². The number of nitrogens with one attached hydrogen (secondary N) is 1. The van der Waals surface area contributed by atoms with E-state index in [-0.39, 0.29) is 17.9 Å². The second-order valence-electron chi connectivity index (χ2n) is 7.98. The molecule has 0 aliphatic carbocycles. The van der Waals surface area contributed by atoms with Crippen molar-refractivity contribution in [3.05, 3.63) is 48.0 Å². The summed E-state index contributed by atoms with van der Waals surface area (Å²) in [5, 5.41) is 3.10. The summed E-state index contributed by atoms with van der Waals surface area (Å²) in [5.41, 5.74) is 1.53. The van der Waals surface area contributed by atoms with Gasteiger partial charge in [-0.05, 0) is 61.7 Å². The molecular formula is C25H32N2O5. The molecule has 0 bridgehead atoms. The molecule has 32 heavy (non-hydrogen) atoms. The van der Waals surface area contributed by atoms with Crippen molar-refractivity contribution in [2.45, 2.75) is 45.2 Å². The Morgan fingerprint density at radius 2 is 1.75 bits per heavy atom. The molecule has 3 atom stereocenters. The zero-order chi connectivity index (χ0) is 23.3. The maximum absolute atomic E-state index is 13.3. The number of piperidine rings is 1. The van der Waals surface area contributed by atoms with E-state index in [0.717, 1.165) is 17.7 Å². The summed E-state index contributed by atoms with van der Waals surface area (Å²) in [5.74, 6) is 1.37. The molecule has 172 valence electrons. The van der Waals surface area contributed by atoms with Crippen molar-refractivity contribution in [3.63, 3.8) is 0 Å². The lowest BCUT2D eigenvalue weighted by Gasteiger charge is -2.41. The summed E-state index contributed by atoms with van der Waals surface area (Å²) in [6, 6.07) is 12.5. The monoisotopic (exact) mass is 440 g/mol. The number of amides is 2. The minimum Gasteiger partial charge on any atom is -0.497 e. The lowest BCUT2D eigenvalue weighted by molar-refractivity contribution is -0.129. The van der Waals surface area contributed by atoms with Gasteiger partial charge in [0, 0.05) is 18.2 Å². The van der Waals surface area contributed by atoms with Gasteiger partial charge in [0.1, 0.15) is 5.75 Å². The van der Waals surface area contributed by atoms with Gasteiger partial charge in [-0.1, -0.05) is 13.0 Å². The van der Waals surface area contributed by atoms with Crippen LogP contribution in [0.5, 0.6) is 17.2 Å². The summed E-state index contributed by atoms with van der Waals surface area (Å²) in [4.78, 5) is 28.2. The number of anilines is 1. The summed E-state index contributed by atoms with van der Waals surface area (Å²) < 4.78 is 16.1. The minimum absolute atomic E-state index is 0.0254. The zero-order valence-electron chi connectivity index (χ0n) is 19.4. The molecule has 1 saturated heterocycles. The van der Waals surface area contributed by atoms with E-state index in [1.165, 1.54) is 0 Å². The first-order chi connectivity index (χ1) is 15.4. The summed E-state index contributed by atoms with van der Waals surface area (Å²) in [7, 11) is 4.75. The van der Waals surface area contributed by atoms with Crippen LogP contribution in [0.2, 0.25) is 0 Å². The SMILES string of the molecule is CC[C@H](C)NC(=O)[C@H]1CCC(=O)N(c2ccc(OC)cc2)[C@H]1c1ccc(OC)c(OC)c1. The van der Waals surface area contributed by atoms with Crippen molar-refractivity contribution in [2.75, 3.05) is 26.2 Å². The van der Waals surface area contributed by atoms with E-state index in [2.05, 4.69) is 5.32 Å². The first kappa shape index (κ1) is 23.4. The number of methoxy groups -OCH3 is 3. The van der Waals surface area contributed by atoms with Crippen LogP contribution in [0.1, 0.15) is 44.7 Å². The summed E-state index contributed by atoms with van der Waals surface area (Å²) in [6.07, 6.45) is 1.61. The van der Waals surface area contributed by atoms with Gasteiger partial charge in [0.15, 0.2) is 11.5 Å². The molecule has 7 nitrogen and oxygen atoms in total. The van der Waals surface area contributed by atoms with E-state index in [4.69, 9.17) is 14.2 Å². The molecule has 0 spiro atoms. The molecule has 3 rings (SSSR count). The van der Waals surface area contributed by atoms with Gasteiger partial charge in [0.25, 0.3) is 0 Å². The fourth-order valence-corrected chi connectivity index (χ4v) is 4.08. The second-order valence-corrected chi connectivity index (χ2v) is 7.98. The maximum Gasteiger partial charge on any atom is 0.227 e. The smallest absolute Gasteiger partial charge is 0.227 e. The molecule has 0 unspecified atom stereocenters. The van der Waals surface area contributed by atoms with Gasteiger partial charge in [-0.2, -0.15) is 0 Å². The van der Waals surface area contributed by atoms with Crippen LogP contribution in [0.4, 0.5) is 5.69 Å². The normalized spacial score (nSPS) is 19.3. The zero-order valence-corrected chi connectivity index (χ0v) is 19.4. The fourth-order valence-electron chi connectivity index (χ4n) is 4.08. The molecule has 0 aromatic heterocycles. The van der Waals surface area contributed by atoms with Crippen LogP contribution in [0.3, 0.4) is 0 Å². The Hall–Kier alpha value is -3.22. The van der Waals surface area contributed by atoms with Crippen molar-refractivity contribution in [2.24, 2.45) is 5.92 Å². The predicted octanol–water partition coefficient (Wildman–Crippen LogP) is 4.11. The third kappa shape index (κ3) is 4.82. The van der Waals surface area contributed by atoms with Gasteiger partial charge in [-0.15, -0.1) is 0 Å². The standard InChI is InChI=1S/C25H32N2O5/c1-6-16(2)26-25(29)20-12-14-23(28)27(18-8-10-19(30-3)11-9-18)24(20)17-7-13-21(31-4)22(15-17)32-5/h7-11,13,15-16,20,24H,6,12,14H2,1-5H3,(H,26,29)/t16-,20-,24-/m0/s1. The quantitative estimate of drug-likeness (QED) is 0.668. The van der Waals surface area contributed by atoms with E-state index < -0.39 is 12.0 Å². The highest BCUT2D eigenvalue weighted by Gasteiger charge is 2.42. The molecule has 0 radical (unpaired) electrons. The first-order valence-electron chi connectivity index (χ1n) is 10.9. The molecule has 1 heterocycles. The third-order valence-electron chi connectivity index (χ3n) is 6.03. The number of ether oxygens (including phenoxy) is 3. The summed E-state index contributed by atoms with van der Waals surface area (Å²) in [6.45, 7) is 4.02. The Bertz CT molecular complexity index is 944. The van der Waals surface area contributed by atoms with Crippen molar-refractivity contribution in [1.82, 2.24) is 5.32 Å². The number of nitrogens with zero attached hydrogens (tertiary/aromatic N) is 1. The van der Waals surface area contributed by atoms with E-state index in [1.807, 2.05) is 56.3 Å². The van der Waals surface area contributed by atoms with Crippen LogP contribution in [0.25, 0.3) is 0 Å². The first-order valence-corrected chi connectivity index (χ1v) is 10.9. The molecule has 1 aliphatic heterocycles. The lowest BCUT2D eigenvalue weighted by Crippen LogP contribution is -2.49. The largest absolute Gasteiger partial charge is 0.497 e. The molecule has 1 N–H and O–H groups in total. The number of carbonyl (C=O) groups is 2. The fraction of sp³-hybridized carbons (Fsp3) is 0.440. The van der Waals surface area contributed by atoms with E-state index in [9.17, 15) is 9.59 Å². The highest BCUT2D eigenvalue weighted by atomic mass is 16.5.